The molecule has 2 aromatic rings. The first-order chi connectivity index (χ1) is 14.5. The first-order valence-electron chi connectivity index (χ1n) is 10.2. The fourth-order valence-electron chi connectivity index (χ4n) is 3.77. The third kappa shape index (κ3) is 5.29. The normalized spacial score (nSPS) is 15.6. The molecular formula is C23H32N2O5. The molecule has 0 saturated carbocycles. The molecule has 1 unspecified atom stereocenters. The van der Waals surface area contributed by atoms with E-state index in [1.165, 1.54) is 11.3 Å². The smallest absolute Gasteiger partial charge is 0.203 e. The van der Waals surface area contributed by atoms with Gasteiger partial charge in [-0.25, -0.2) is 0 Å². The van der Waals surface area contributed by atoms with E-state index in [1.807, 2.05) is 0 Å². The Morgan fingerprint density at radius 1 is 0.933 bits per heavy atom. The Morgan fingerprint density at radius 3 is 2.13 bits per heavy atom. The molecule has 2 aromatic carbocycles. The Balaban J connectivity index is 1.50. The maximum absolute atomic E-state index is 10.5. The second kappa shape index (κ2) is 10.4. The average Bonchev–Trinajstić information content (AvgIpc) is 2.77. The molecule has 1 heterocycles. The van der Waals surface area contributed by atoms with Gasteiger partial charge in [0.25, 0.3) is 0 Å². The third-order valence-corrected chi connectivity index (χ3v) is 5.38. The maximum Gasteiger partial charge on any atom is 0.203 e. The van der Waals surface area contributed by atoms with Crippen LogP contribution >= 0.6 is 0 Å². The van der Waals surface area contributed by atoms with Gasteiger partial charge < -0.3 is 29.0 Å². The highest BCUT2D eigenvalue weighted by molar-refractivity contribution is 5.56. The highest BCUT2D eigenvalue weighted by Crippen LogP contribution is 2.40. The van der Waals surface area contributed by atoms with E-state index in [2.05, 4.69) is 41.0 Å². The second-order valence-electron chi connectivity index (χ2n) is 7.40. The van der Waals surface area contributed by atoms with Gasteiger partial charge in [-0.3, -0.25) is 4.90 Å². The molecule has 0 aromatic heterocycles. The van der Waals surface area contributed by atoms with E-state index < -0.39 is 6.10 Å². The van der Waals surface area contributed by atoms with Gasteiger partial charge in [-0.2, -0.15) is 0 Å². The zero-order valence-corrected chi connectivity index (χ0v) is 18.3. The molecule has 0 aliphatic carbocycles. The van der Waals surface area contributed by atoms with Crippen LogP contribution in [0.5, 0.6) is 23.0 Å². The quantitative estimate of drug-likeness (QED) is 0.674. The molecule has 0 bridgehead atoms. The van der Waals surface area contributed by atoms with Crippen LogP contribution in [0.3, 0.4) is 0 Å². The molecule has 1 atom stereocenters. The van der Waals surface area contributed by atoms with E-state index >= 15 is 0 Å². The van der Waals surface area contributed by atoms with Crippen LogP contribution in [0.2, 0.25) is 0 Å². The number of methoxy groups -OCH3 is 3. The van der Waals surface area contributed by atoms with Crippen molar-refractivity contribution < 1.29 is 24.1 Å². The number of aliphatic hydroxyl groups excluding tert-OH is 1. The van der Waals surface area contributed by atoms with Gasteiger partial charge in [-0.1, -0.05) is 18.2 Å². The molecule has 1 aliphatic heterocycles. The standard InChI is InChI=1S/C23H32N2O5/c1-17-7-5-6-8-20(17)25-11-9-24(10-12-25)15-18(26)16-30-19-13-21(27-2)23(29-4)22(14-19)28-3/h5-8,13-14,18,26H,9-12,15-16H2,1-4H3. The molecule has 0 amide bonds. The van der Waals surface area contributed by atoms with Crippen molar-refractivity contribution in [2.45, 2.75) is 13.0 Å². The predicted octanol–water partition coefficient (Wildman–Crippen LogP) is 2.58. The molecule has 0 spiro atoms. The zero-order valence-electron chi connectivity index (χ0n) is 18.3. The Bertz CT molecular complexity index is 796. The van der Waals surface area contributed by atoms with Crippen molar-refractivity contribution in [1.82, 2.24) is 4.90 Å². The number of rotatable bonds is 9. The first-order valence-corrected chi connectivity index (χ1v) is 10.2. The summed E-state index contributed by atoms with van der Waals surface area (Å²) in [6.07, 6.45) is -0.589. The maximum atomic E-state index is 10.5. The number of aliphatic hydroxyl groups is 1. The lowest BCUT2D eigenvalue weighted by atomic mass is 10.1. The van der Waals surface area contributed by atoms with Crippen LogP contribution < -0.4 is 23.8 Å². The van der Waals surface area contributed by atoms with Gasteiger partial charge in [0.15, 0.2) is 11.5 Å². The topological polar surface area (TPSA) is 63.6 Å². The van der Waals surface area contributed by atoms with Crippen LogP contribution in [-0.2, 0) is 0 Å². The lowest BCUT2D eigenvalue weighted by Gasteiger charge is -2.37. The van der Waals surface area contributed by atoms with Gasteiger partial charge in [-0.05, 0) is 18.6 Å². The van der Waals surface area contributed by atoms with Crippen LogP contribution in [0.15, 0.2) is 36.4 Å². The lowest BCUT2D eigenvalue weighted by molar-refractivity contribution is 0.0661. The van der Waals surface area contributed by atoms with Crippen molar-refractivity contribution in [3.63, 3.8) is 0 Å². The van der Waals surface area contributed by atoms with Gasteiger partial charge in [0.1, 0.15) is 18.5 Å². The minimum Gasteiger partial charge on any atom is -0.493 e. The molecule has 1 saturated heterocycles. The van der Waals surface area contributed by atoms with Gasteiger partial charge in [0.05, 0.1) is 21.3 Å². The Morgan fingerprint density at radius 2 is 1.57 bits per heavy atom. The Kier molecular flexibility index (Phi) is 7.65. The van der Waals surface area contributed by atoms with E-state index in [4.69, 9.17) is 18.9 Å². The molecule has 1 aliphatic rings. The number of ether oxygens (including phenoxy) is 4. The van der Waals surface area contributed by atoms with Gasteiger partial charge >= 0.3 is 0 Å². The molecule has 0 radical (unpaired) electrons. The number of aryl methyl sites for hydroxylation is 1. The van der Waals surface area contributed by atoms with Crippen molar-refractivity contribution >= 4 is 5.69 Å². The summed E-state index contributed by atoms with van der Waals surface area (Å²) in [5.74, 6) is 2.12. The van der Waals surface area contributed by atoms with Crippen molar-refractivity contribution in [1.29, 1.82) is 0 Å². The minimum atomic E-state index is -0.589. The molecule has 7 nitrogen and oxygen atoms in total. The van der Waals surface area contributed by atoms with Gasteiger partial charge in [-0.15, -0.1) is 0 Å². The van der Waals surface area contributed by atoms with E-state index in [0.29, 0.717) is 29.5 Å². The number of benzene rings is 2. The Hall–Kier alpha value is -2.64. The highest BCUT2D eigenvalue weighted by Gasteiger charge is 2.21. The molecule has 1 N–H and O–H groups in total. The fraction of sp³-hybridized carbons (Fsp3) is 0.478. The number of hydrogen-bond donors (Lipinski definition) is 1. The van der Waals surface area contributed by atoms with Crippen LogP contribution in [-0.4, -0.2) is 76.8 Å². The molecule has 30 heavy (non-hydrogen) atoms. The number of para-hydroxylation sites is 1. The summed E-state index contributed by atoms with van der Waals surface area (Å²) in [7, 11) is 4.68. The first kappa shape index (κ1) is 22.1. The molecule has 7 heteroatoms. The van der Waals surface area contributed by atoms with Crippen molar-refractivity contribution in [3.05, 3.63) is 42.0 Å². The minimum absolute atomic E-state index is 0.191. The summed E-state index contributed by atoms with van der Waals surface area (Å²) in [5, 5.41) is 10.5. The zero-order chi connectivity index (χ0) is 21.5. The summed E-state index contributed by atoms with van der Waals surface area (Å²) >= 11 is 0. The molecule has 1 fully saturated rings. The number of anilines is 1. The van der Waals surface area contributed by atoms with Crippen molar-refractivity contribution in [2.75, 3.05) is 65.6 Å². The summed E-state index contributed by atoms with van der Waals surface area (Å²) in [4.78, 5) is 4.68. The number of piperazine rings is 1. The van der Waals surface area contributed by atoms with Crippen LogP contribution in [0.1, 0.15) is 5.56 Å². The summed E-state index contributed by atoms with van der Waals surface area (Å²) in [5.41, 5.74) is 2.59. The lowest BCUT2D eigenvalue weighted by Crippen LogP contribution is -2.49. The molecule has 164 valence electrons. The van der Waals surface area contributed by atoms with E-state index in [1.54, 1.807) is 33.5 Å². The third-order valence-electron chi connectivity index (χ3n) is 5.38. The summed E-state index contributed by atoms with van der Waals surface area (Å²) < 4.78 is 21.8. The van der Waals surface area contributed by atoms with Crippen LogP contribution in [0.25, 0.3) is 0 Å². The van der Waals surface area contributed by atoms with Crippen LogP contribution in [0.4, 0.5) is 5.69 Å². The number of nitrogens with zero attached hydrogens (tertiary/aromatic N) is 2. The number of hydrogen-bond acceptors (Lipinski definition) is 7. The van der Waals surface area contributed by atoms with Crippen molar-refractivity contribution in [3.8, 4) is 23.0 Å². The van der Waals surface area contributed by atoms with E-state index in [9.17, 15) is 5.11 Å². The van der Waals surface area contributed by atoms with Crippen LogP contribution in [0, 0.1) is 6.92 Å². The average molecular weight is 417 g/mol. The van der Waals surface area contributed by atoms with E-state index in [0.717, 1.165) is 26.2 Å². The summed E-state index contributed by atoms with van der Waals surface area (Å²) in [6, 6.07) is 11.9. The largest absolute Gasteiger partial charge is 0.493 e. The molecule has 3 rings (SSSR count). The summed E-state index contributed by atoms with van der Waals surface area (Å²) in [6.45, 7) is 6.64. The number of β-amino-alcohol motifs (C(OH)–C–C–N with tert-alkyl or cyclic N) is 1. The Labute approximate surface area is 178 Å². The van der Waals surface area contributed by atoms with Gasteiger partial charge in [0, 0.05) is 50.5 Å². The second-order valence-corrected chi connectivity index (χ2v) is 7.40. The van der Waals surface area contributed by atoms with Crippen molar-refractivity contribution in [2.24, 2.45) is 0 Å². The highest BCUT2D eigenvalue weighted by atomic mass is 16.5. The fourth-order valence-corrected chi connectivity index (χ4v) is 3.77. The monoisotopic (exact) mass is 416 g/mol. The molecular weight excluding hydrogens is 384 g/mol. The predicted molar refractivity (Wildman–Crippen MR) is 117 cm³/mol. The van der Waals surface area contributed by atoms with E-state index in [-0.39, 0.29) is 6.61 Å². The van der Waals surface area contributed by atoms with Gasteiger partial charge in [0.2, 0.25) is 5.75 Å². The SMILES string of the molecule is COc1cc(OCC(O)CN2CCN(c3ccccc3C)CC2)cc(OC)c1OC.